The second-order valence-corrected chi connectivity index (χ2v) is 6.65. The molecule has 0 saturated heterocycles. The molecule has 0 amide bonds. The standard InChI is InChI=1S/C22H22N2O2/c25-12-11-19-21-18(14-23-19)13-20(26)24(15-16-7-3-1-4-8-16)22(21)17-9-5-2-6-10-17/h1-10,13,19,23,25H,11-12,14-15H2/t19-/m1/s1. The Morgan fingerprint density at radius 1 is 1.04 bits per heavy atom. The first-order chi connectivity index (χ1) is 12.8. The van der Waals surface area contributed by atoms with Gasteiger partial charge in [0.2, 0.25) is 0 Å². The molecule has 4 nitrogen and oxygen atoms in total. The van der Waals surface area contributed by atoms with Crippen molar-refractivity contribution in [2.24, 2.45) is 0 Å². The summed E-state index contributed by atoms with van der Waals surface area (Å²) in [5, 5.41) is 12.9. The van der Waals surface area contributed by atoms with Crippen molar-refractivity contribution in [2.45, 2.75) is 25.6 Å². The number of hydrogen-bond acceptors (Lipinski definition) is 3. The Morgan fingerprint density at radius 3 is 2.42 bits per heavy atom. The minimum atomic E-state index is 0.0119. The van der Waals surface area contributed by atoms with Crippen molar-refractivity contribution >= 4 is 0 Å². The van der Waals surface area contributed by atoms with E-state index in [0.717, 1.165) is 27.9 Å². The van der Waals surface area contributed by atoms with Crippen LogP contribution in [0, 0.1) is 0 Å². The molecule has 3 aromatic rings. The van der Waals surface area contributed by atoms with Crippen molar-refractivity contribution in [3.8, 4) is 11.3 Å². The van der Waals surface area contributed by atoms with Crippen LogP contribution in [0.1, 0.15) is 29.2 Å². The fraction of sp³-hybridized carbons (Fsp3) is 0.227. The van der Waals surface area contributed by atoms with E-state index in [4.69, 9.17) is 0 Å². The third-order valence-electron chi connectivity index (χ3n) is 4.97. The average Bonchev–Trinajstić information content (AvgIpc) is 3.06. The molecule has 1 aromatic heterocycles. The summed E-state index contributed by atoms with van der Waals surface area (Å²) in [6.45, 7) is 1.31. The highest BCUT2D eigenvalue weighted by atomic mass is 16.3. The van der Waals surface area contributed by atoms with Gasteiger partial charge in [-0.15, -0.1) is 0 Å². The maximum atomic E-state index is 12.9. The molecular formula is C22H22N2O2. The molecule has 1 aliphatic heterocycles. The van der Waals surface area contributed by atoms with Crippen LogP contribution in [0.5, 0.6) is 0 Å². The van der Waals surface area contributed by atoms with Crippen LogP contribution in [-0.2, 0) is 13.1 Å². The van der Waals surface area contributed by atoms with Gasteiger partial charge in [-0.1, -0.05) is 60.7 Å². The van der Waals surface area contributed by atoms with E-state index in [9.17, 15) is 9.90 Å². The lowest BCUT2D eigenvalue weighted by Gasteiger charge is -2.21. The van der Waals surface area contributed by atoms with Crippen LogP contribution in [0.15, 0.2) is 71.5 Å². The van der Waals surface area contributed by atoms with Crippen LogP contribution in [0.3, 0.4) is 0 Å². The van der Waals surface area contributed by atoms with E-state index < -0.39 is 0 Å². The summed E-state index contributed by atoms with van der Waals surface area (Å²) in [6.07, 6.45) is 0.635. The number of hydrogen-bond donors (Lipinski definition) is 2. The van der Waals surface area contributed by atoms with Gasteiger partial charge in [0.25, 0.3) is 5.56 Å². The number of fused-ring (bicyclic) bond motifs is 1. The topological polar surface area (TPSA) is 54.3 Å². The number of aliphatic hydroxyl groups excluding tert-OH is 1. The van der Waals surface area contributed by atoms with Crippen molar-refractivity contribution in [2.75, 3.05) is 6.61 Å². The van der Waals surface area contributed by atoms with Crippen molar-refractivity contribution in [1.82, 2.24) is 9.88 Å². The Balaban J connectivity index is 1.93. The van der Waals surface area contributed by atoms with E-state index >= 15 is 0 Å². The summed E-state index contributed by atoms with van der Waals surface area (Å²) >= 11 is 0. The minimum absolute atomic E-state index is 0.0119. The predicted octanol–water partition coefficient (Wildman–Crippen LogP) is 3.09. The van der Waals surface area contributed by atoms with Crippen molar-refractivity contribution in [1.29, 1.82) is 0 Å². The second-order valence-electron chi connectivity index (χ2n) is 6.65. The number of benzene rings is 2. The van der Waals surface area contributed by atoms with E-state index in [2.05, 4.69) is 5.32 Å². The van der Waals surface area contributed by atoms with Crippen LogP contribution in [0.2, 0.25) is 0 Å². The van der Waals surface area contributed by atoms with E-state index in [1.165, 1.54) is 0 Å². The Bertz CT molecular complexity index is 949. The monoisotopic (exact) mass is 346 g/mol. The lowest BCUT2D eigenvalue weighted by atomic mass is 9.96. The maximum absolute atomic E-state index is 12.9. The number of aliphatic hydroxyl groups is 1. The van der Waals surface area contributed by atoms with Crippen LogP contribution in [0.4, 0.5) is 0 Å². The molecule has 4 rings (SSSR count). The van der Waals surface area contributed by atoms with Gasteiger partial charge in [-0.25, -0.2) is 0 Å². The van der Waals surface area contributed by atoms with Crippen LogP contribution in [-0.4, -0.2) is 16.3 Å². The van der Waals surface area contributed by atoms with Gasteiger partial charge in [0.05, 0.1) is 12.2 Å². The summed E-state index contributed by atoms with van der Waals surface area (Å²) in [6, 6.07) is 21.9. The molecule has 0 spiro atoms. The zero-order chi connectivity index (χ0) is 17.9. The summed E-state index contributed by atoms with van der Waals surface area (Å²) in [4.78, 5) is 12.9. The third-order valence-corrected chi connectivity index (χ3v) is 4.97. The molecule has 0 radical (unpaired) electrons. The molecule has 0 fully saturated rings. The summed E-state index contributed by atoms with van der Waals surface area (Å²) < 4.78 is 1.86. The van der Waals surface area contributed by atoms with E-state index in [1.54, 1.807) is 6.07 Å². The molecule has 0 unspecified atom stereocenters. The van der Waals surface area contributed by atoms with Gasteiger partial charge in [0, 0.05) is 25.3 Å². The molecule has 0 saturated carbocycles. The number of pyridine rings is 1. The molecule has 0 aliphatic carbocycles. The number of nitrogens with zero attached hydrogens (tertiary/aromatic N) is 1. The second kappa shape index (κ2) is 7.28. The first kappa shape index (κ1) is 16.8. The van der Waals surface area contributed by atoms with Gasteiger partial charge in [-0.05, 0) is 28.7 Å². The van der Waals surface area contributed by atoms with Crippen molar-refractivity contribution in [3.63, 3.8) is 0 Å². The predicted molar refractivity (Wildman–Crippen MR) is 103 cm³/mol. The van der Waals surface area contributed by atoms with Gasteiger partial charge in [0.1, 0.15) is 0 Å². The Kier molecular flexibility index (Phi) is 4.69. The van der Waals surface area contributed by atoms with Crippen molar-refractivity contribution in [3.05, 3.63) is 93.8 Å². The summed E-state index contributed by atoms with van der Waals surface area (Å²) in [7, 11) is 0. The molecule has 1 atom stereocenters. The zero-order valence-corrected chi connectivity index (χ0v) is 14.6. The smallest absolute Gasteiger partial charge is 0.251 e. The van der Waals surface area contributed by atoms with Gasteiger partial charge in [0.15, 0.2) is 0 Å². The molecule has 4 heteroatoms. The minimum Gasteiger partial charge on any atom is -0.396 e. The quantitative estimate of drug-likeness (QED) is 0.746. The molecule has 0 bridgehead atoms. The van der Waals surface area contributed by atoms with Gasteiger partial charge in [-0.3, -0.25) is 4.79 Å². The fourth-order valence-corrected chi connectivity index (χ4v) is 3.79. The lowest BCUT2D eigenvalue weighted by Crippen LogP contribution is -2.24. The SMILES string of the molecule is O=c1cc2c(c(-c3ccccc3)n1Cc1ccccc1)[C@@H](CCO)NC2. The molecule has 2 aromatic carbocycles. The molecule has 26 heavy (non-hydrogen) atoms. The van der Waals surface area contributed by atoms with Crippen LogP contribution >= 0.6 is 0 Å². The largest absolute Gasteiger partial charge is 0.396 e. The van der Waals surface area contributed by atoms with Gasteiger partial charge in [-0.2, -0.15) is 0 Å². The van der Waals surface area contributed by atoms with E-state index in [0.29, 0.717) is 19.5 Å². The third kappa shape index (κ3) is 3.09. The highest BCUT2D eigenvalue weighted by molar-refractivity contribution is 5.67. The average molecular weight is 346 g/mol. The van der Waals surface area contributed by atoms with Crippen LogP contribution in [0.25, 0.3) is 11.3 Å². The van der Waals surface area contributed by atoms with Gasteiger partial charge >= 0.3 is 0 Å². The lowest BCUT2D eigenvalue weighted by molar-refractivity contribution is 0.269. The number of nitrogens with one attached hydrogen (secondary N) is 1. The summed E-state index contributed by atoms with van der Waals surface area (Å²) in [5.74, 6) is 0. The summed E-state index contributed by atoms with van der Waals surface area (Å²) in [5.41, 5.74) is 5.27. The normalized spacial score (nSPS) is 15.8. The van der Waals surface area contributed by atoms with Gasteiger partial charge < -0.3 is 15.0 Å². The molecule has 2 heterocycles. The Labute approximate surface area is 152 Å². The maximum Gasteiger partial charge on any atom is 0.251 e. The zero-order valence-electron chi connectivity index (χ0n) is 14.6. The first-order valence-corrected chi connectivity index (χ1v) is 8.98. The fourth-order valence-electron chi connectivity index (χ4n) is 3.79. The molecule has 2 N–H and O–H groups in total. The highest BCUT2D eigenvalue weighted by Gasteiger charge is 2.28. The van der Waals surface area contributed by atoms with E-state index in [-0.39, 0.29) is 18.2 Å². The molecule has 1 aliphatic rings. The molecule has 132 valence electrons. The Hall–Kier alpha value is -2.69. The number of rotatable bonds is 5. The van der Waals surface area contributed by atoms with Crippen molar-refractivity contribution < 1.29 is 5.11 Å². The number of aromatic nitrogens is 1. The van der Waals surface area contributed by atoms with Crippen LogP contribution < -0.4 is 10.9 Å². The highest BCUT2D eigenvalue weighted by Crippen LogP contribution is 2.35. The Morgan fingerprint density at radius 2 is 1.73 bits per heavy atom. The van der Waals surface area contributed by atoms with E-state index in [1.807, 2.05) is 65.2 Å². The molecular weight excluding hydrogens is 324 g/mol. The first-order valence-electron chi connectivity index (χ1n) is 8.98.